The maximum absolute atomic E-state index is 5.87. The lowest BCUT2D eigenvalue weighted by Gasteiger charge is -2.11. The van der Waals surface area contributed by atoms with E-state index in [0.717, 1.165) is 35.7 Å². The summed E-state index contributed by atoms with van der Waals surface area (Å²) in [5.41, 5.74) is 4.99. The molecule has 2 nitrogen and oxygen atoms in total. The number of benzene rings is 1. The summed E-state index contributed by atoms with van der Waals surface area (Å²) in [6.07, 6.45) is 1.83. The zero-order chi connectivity index (χ0) is 11.8. The fraction of sp³-hybridized carbons (Fsp3) is 0.267. The van der Waals surface area contributed by atoms with Crippen LogP contribution in [-0.4, -0.2) is 4.98 Å². The lowest BCUT2D eigenvalue weighted by molar-refractivity contribution is 0.521. The first-order valence-corrected chi connectivity index (χ1v) is 5.93. The van der Waals surface area contributed by atoms with E-state index in [9.17, 15) is 0 Å². The van der Waals surface area contributed by atoms with E-state index in [4.69, 9.17) is 4.42 Å². The van der Waals surface area contributed by atoms with E-state index < -0.39 is 0 Å². The number of fused-ring (bicyclic) bond motifs is 1. The summed E-state index contributed by atoms with van der Waals surface area (Å²) in [5, 5.41) is 0. The average Bonchev–Trinajstić information content (AvgIpc) is 2.74. The molecule has 0 amide bonds. The number of allylic oxidation sites excluding steroid dienone is 2. The minimum Gasteiger partial charge on any atom is -0.441 e. The summed E-state index contributed by atoms with van der Waals surface area (Å²) in [4.78, 5) is 4.61. The molecule has 0 spiro atoms. The predicted octanol–water partition coefficient (Wildman–Crippen LogP) is 3.78. The Morgan fingerprint density at radius 2 is 1.71 bits per heavy atom. The second-order valence-corrected chi connectivity index (χ2v) is 4.67. The highest BCUT2D eigenvalue weighted by atomic mass is 16.4. The Morgan fingerprint density at radius 1 is 1.00 bits per heavy atom. The summed E-state index contributed by atoms with van der Waals surface area (Å²) < 4.78 is 5.87. The molecular weight excluding hydrogens is 210 g/mol. The van der Waals surface area contributed by atoms with Gasteiger partial charge in [0, 0.05) is 18.4 Å². The third-order valence-electron chi connectivity index (χ3n) is 3.39. The number of hydrogen-bond donors (Lipinski definition) is 0. The molecule has 1 aliphatic carbocycles. The number of nitrogens with zero attached hydrogens (tertiary/aromatic N) is 1. The lowest BCUT2D eigenvalue weighted by atomic mass is 9.95. The van der Waals surface area contributed by atoms with Crippen molar-refractivity contribution in [2.24, 2.45) is 0 Å². The van der Waals surface area contributed by atoms with Crippen LogP contribution in [0.15, 0.2) is 45.9 Å². The van der Waals surface area contributed by atoms with Gasteiger partial charge in [0.2, 0.25) is 5.89 Å². The average molecular weight is 225 g/mol. The van der Waals surface area contributed by atoms with Gasteiger partial charge in [-0.25, -0.2) is 4.98 Å². The van der Waals surface area contributed by atoms with Crippen LogP contribution in [0, 0.1) is 0 Å². The van der Waals surface area contributed by atoms with E-state index in [1.165, 1.54) is 11.1 Å². The lowest BCUT2D eigenvalue weighted by Crippen LogP contribution is -2.03. The van der Waals surface area contributed by atoms with Crippen molar-refractivity contribution in [1.82, 2.24) is 4.98 Å². The quantitative estimate of drug-likeness (QED) is 0.690. The Hall–Kier alpha value is -1.83. The first kappa shape index (κ1) is 10.3. The molecule has 1 heterocycles. The van der Waals surface area contributed by atoms with Crippen molar-refractivity contribution in [2.45, 2.75) is 26.7 Å². The molecular formula is C15H15NO. The van der Waals surface area contributed by atoms with Crippen LogP contribution < -0.4 is 0 Å². The first-order valence-electron chi connectivity index (χ1n) is 5.93. The van der Waals surface area contributed by atoms with Crippen LogP contribution >= 0.6 is 0 Å². The molecule has 0 atom stereocenters. The van der Waals surface area contributed by atoms with Crippen LogP contribution in [0.4, 0.5) is 0 Å². The SMILES string of the molecule is CC1=C(C)Cc2oc(-c3ccccc3)nc2C1. The van der Waals surface area contributed by atoms with E-state index >= 15 is 0 Å². The Balaban J connectivity index is 2.00. The van der Waals surface area contributed by atoms with Gasteiger partial charge in [-0.2, -0.15) is 0 Å². The zero-order valence-corrected chi connectivity index (χ0v) is 10.2. The summed E-state index contributed by atoms with van der Waals surface area (Å²) >= 11 is 0. The van der Waals surface area contributed by atoms with E-state index in [-0.39, 0.29) is 0 Å². The van der Waals surface area contributed by atoms with Gasteiger partial charge in [0.25, 0.3) is 0 Å². The van der Waals surface area contributed by atoms with Crippen molar-refractivity contribution in [3.05, 3.63) is 52.9 Å². The molecule has 0 radical (unpaired) electrons. The molecule has 0 bridgehead atoms. The Bertz CT molecular complexity index is 547. The summed E-state index contributed by atoms with van der Waals surface area (Å²) in [5.74, 6) is 1.78. The topological polar surface area (TPSA) is 26.0 Å². The standard InChI is InChI=1S/C15H15NO/c1-10-8-13-14(9-11(10)2)17-15(16-13)12-6-4-3-5-7-12/h3-7H,8-9H2,1-2H3. The maximum Gasteiger partial charge on any atom is 0.226 e. The van der Waals surface area contributed by atoms with E-state index in [1.807, 2.05) is 30.3 Å². The molecule has 0 saturated carbocycles. The molecule has 0 unspecified atom stereocenters. The van der Waals surface area contributed by atoms with E-state index in [0.29, 0.717) is 0 Å². The molecule has 0 aliphatic heterocycles. The minimum absolute atomic E-state index is 0.748. The second-order valence-electron chi connectivity index (χ2n) is 4.67. The van der Waals surface area contributed by atoms with Crippen molar-refractivity contribution in [3.8, 4) is 11.5 Å². The summed E-state index contributed by atoms with van der Waals surface area (Å²) in [7, 11) is 0. The smallest absolute Gasteiger partial charge is 0.226 e. The van der Waals surface area contributed by atoms with Crippen molar-refractivity contribution < 1.29 is 4.42 Å². The molecule has 1 aliphatic rings. The predicted molar refractivity (Wildman–Crippen MR) is 67.7 cm³/mol. The van der Waals surface area contributed by atoms with Gasteiger partial charge in [-0.05, 0) is 26.0 Å². The molecule has 1 aromatic heterocycles. The number of hydrogen-bond acceptors (Lipinski definition) is 2. The van der Waals surface area contributed by atoms with Gasteiger partial charge >= 0.3 is 0 Å². The highest BCUT2D eigenvalue weighted by molar-refractivity contribution is 5.54. The van der Waals surface area contributed by atoms with Gasteiger partial charge in [0.15, 0.2) is 0 Å². The third-order valence-corrected chi connectivity index (χ3v) is 3.39. The van der Waals surface area contributed by atoms with Gasteiger partial charge in [0.05, 0.1) is 5.69 Å². The summed E-state index contributed by atoms with van der Waals surface area (Å²) in [6, 6.07) is 10.1. The van der Waals surface area contributed by atoms with Crippen LogP contribution in [0.3, 0.4) is 0 Å². The fourth-order valence-electron chi connectivity index (χ4n) is 2.16. The van der Waals surface area contributed by atoms with Crippen molar-refractivity contribution >= 4 is 0 Å². The Labute approximate surface area is 101 Å². The highest BCUT2D eigenvalue weighted by Crippen LogP contribution is 2.29. The monoisotopic (exact) mass is 225 g/mol. The molecule has 17 heavy (non-hydrogen) atoms. The molecule has 0 saturated heterocycles. The van der Waals surface area contributed by atoms with Crippen LogP contribution in [0.5, 0.6) is 0 Å². The molecule has 0 fully saturated rings. The first-order chi connectivity index (χ1) is 8.24. The van der Waals surface area contributed by atoms with Crippen LogP contribution in [-0.2, 0) is 12.8 Å². The number of rotatable bonds is 1. The van der Waals surface area contributed by atoms with Gasteiger partial charge < -0.3 is 4.42 Å². The number of aromatic nitrogens is 1. The number of oxazole rings is 1. The van der Waals surface area contributed by atoms with Crippen LogP contribution in [0.1, 0.15) is 25.3 Å². The van der Waals surface area contributed by atoms with E-state index in [2.05, 4.69) is 18.8 Å². The third kappa shape index (κ3) is 1.80. The highest BCUT2D eigenvalue weighted by Gasteiger charge is 2.20. The largest absolute Gasteiger partial charge is 0.441 e. The molecule has 2 heteroatoms. The maximum atomic E-state index is 5.87. The molecule has 3 rings (SSSR count). The fourth-order valence-corrected chi connectivity index (χ4v) is 2.16. The Kier molecular flexibility index (Phi) is 2.36. The van der Waals surface area contributed by atoms with E-state index in [1.54, 1.807) is 0 Å². The van der Waals surface area contributed by atoms with Gasteiger partial charge in [0.1, 0.15) is 5.76 Å². The van der Waals surface area contributed by atoms with Gasteiger partial charge in [-0.15, -0.1) is 0 Å². The zero-order valence-electron chi connectivity index (χ0n) is 10.2. The van der Waals surface area contributed by atoms with Gasteiger partial charge in [-0.3, -0.25) is 0 Å². The second kappa shape index (κ2) is 3.88. The molecule has 0 N–H and O–H groups in total. The van der Waals surface area contributed by atoms with Crippen molar-refractivity contribution in [3.63, 3.8) is 0 Å². The van der Waals surface area contributed by atoms with Crippen molar-refractivity contribution in [2.75, 3.05) is 0 Å². The van der Waals surface area contributed by atoms with Crippen molar-refractivity contribution in [1.29, 1.82) is 0 Å². The molecule has 86 valence electrons. The Morgan fingerprint density at radius 3 is 2.47 bits per heavy atom. The van der Waals surface area contributed by atoms with Crippen LogP contribution in [0.25, 0.3) is 11.5 Å². The minimum atomic E-state index is 0.748. The molecule has 1 aromatic carbocycles. The molecule has 2 aromatic rings. The van der Waals surface area contributed by atoms with Gasteiger partial charge in [-0.1, -0.05) is 29.3 Å². The van der Waals surface area contributed by atoms with Crippen LogP contribution in [0.2, 0.25) is 0 Å². The normalized spacial score (nSPS) is 14.9. The summed E-state index contributed by atoms with van der Waals surface area (Å²) in [6.45, 7) is 4.35.